The van der Waals surface area contributed by atoms with Crippen molar-refractivity contribution < 1.29 is 4.79 Å². The van der Waals surface area contributed by atoms with E-state index in [1.54, 1.807) is 12.5 Å². The molecule has 0 atom stereocenters. The molecule has 1 aromatic rings. The molecule has 5 nitrogen and oxygen atoms in total. The Labute approximate surface area is 115 Å². The summed E-state index contributed by atoms with van der Waals surface area (Å²) in [6, 6.07) is 0. The average Bonchev–Trinajstić information content (AvgIpc) is 2.80. The Balaban J connectivity index is 1.78. The number of rotatable bonds is 3. The maximum Gasteiger partial charge on any atom is 0.228 e. The molecule has 0 bridgehead atoms. The van der Waals surface area contributed by atoms with Gasteiger partial charge in [-0.1, -0.05) is 20.8 Å². The topological polar surface area (TPSA) is 52.2 Å². The third-order valence-electron chi connectivity index (χ3n) is 3.31. The minimum atomic E-state index is 0.183. The fourth-order valence-corrected chi connectivity index (χ4v) is 2.48. The highest BCUT2D eigenvalue weighted by Crippen LogP contribution is 2.16. The molecule has 19 heavy (non-hydrogen) atoms. The number of hydrogen-bond acceptors (Lipinski definition) is 3. The first-order valence-electron chi connectivity index (χ1n) is 6.92. The lowest BCUT2D eigenvalue weighted by atomic mass is 9.96. The van der Waals surface area contributed by atoms with Crippen LogP contribution in [-0.4, -0.2) is 58.4 Å². The molecule has 0 aliphatic carbocycles. The Bertz CT molecular complexity index is 400. The van der Waals surface area contributed by atoms with E-state index in [2.05, 4.69) is 35.6 Å². The highest BCUT2D eigenvalue weighted by molar-refractivity contribution is 5.78. The van der Waals surface area contributed by atoms with E-state index in [1.165, 1.54) is 0 Å². The predicted octanol–water partition coefficient (Wildman–Crippen LogP) is 1.14. The molecule has 1 saturated heterocycles. The van der Waals surface area contributed by atoms with Crippen LogP contribution in [0.3, 0.4) is 0 Å². The van der Waals surface area contributed by atoms with Crippen molar-refractivity contribution in [1.29, 1.82) is 0 Å². The van der Waals surface area contributed by atoms with Crippen molar-refractivity contribution in [1.82, 2.24) is 19.8 Å². The molecule has 1 fully saturated rings. The SMILES string of the molecule is CC(C)(C)CN1CCN(C(=O)Cc2c[nH]cn2)CC1. The zero-order valence-corrected chi connectivity index (χ0v) is 12.1. The van der Waals surface area contributed by atoms with Gasteiger partial charge in [0.05, 0.1) is 18.4 Å². The highest BCUT2D eigenvalue weighted by Gasteiger charge is 2.24. The highest BCUT2D eigenvalue weighted by atomic mass is 16.2. The Morgan fingerprint density at radius 3 is 2.53 bits per heavy atom. The predicted molar refractivity (Wildman–Crippen MR) is 74.8 cm³/mol. The number of piperazine rings is 1. The van der Waals surface area contributed by atoms with Gasteiger partial charge in [-0.25, -0.2) is 4.98 Å². The molecule has 2 rings (SSSR count). The fourth-order valence-electron chi connectivity index (χ4n) is 2.48. The lowest BCUT2D eigenvalue weighted by Crippen LogP contribution is -2.50. The third-order valence-corrected chi connectivity index (χ3v) is 3.31. The molecular formula is C14H24N4O. The maximum atomic E-state index is 12.1. The van der Waals surface area contributed by atoms with Crippen molar-refractivity contribution in [2.24, 2.45) is 5.41 Å². The van der Waals surface area contributed by atoms with Crippen LogP contribution in [0.15, 0.2) is 12.5 Å². The number of nitrogens with zero attached hydrogens (tertiary/aromatic N) is 3. The number of carbonyl (C=O) groups is 1. The quantitative estimate of drug-likeness (QED) is 0.891. The first kappa shape index (κ1) is 14.1. The Hall–Kier alpha value is -1.36. The van der Waals surface area contributed by atoms with E-state index in [9.17, 15) is 4.79 Å². The fraction of sp³-hybridized carbons (Fsp3) is 0.714. The molecule has 0 spiro atoms. The van der Waals surface area contributed by atoms with E-state index in [-0.39, 0.29) is 5.91 Å². The van der Waals surface area contributed by atoms with Gasteiger partial charge in [0, 0.05) is 38.9 Å². The van der Waals surface area contributed by atoms with Crippen LogP contribution in [0.1, 0.15) is 26.5 Å². The molecule has 1 aromatic heterocycles. The van der Waals surface area contributed by atoms with Crippen molar-refractivity contribution in [2.45, 2.75) is 27.2 Å². The first-order chi connectivity index (χ1) is 8.94. The van der Waals surface area contributed by atoms with Gasteiger partial charge in [-0.15, -0.1) is 0 Å². The standard InChI is InChI=1S/C14H24N4O/c1-14(2,3)10-17-4-6-18(7-5-17)13(19)8-12-9-15-11-16-12/h9,11H,4-8,10H2,1-3H3,(H,15,16). The molecule has 5 heteroatoms. The zero-order valence-electron chi connectivity index (χ0n) is 12.1. The van der Waals surface area contributed by atoms with Gasteiger partial charge in [-0.3, -0.25) is 9.69 Å². The van der Waals surface area contributed by atoms with Crippen LogP contribution < -0.4 is 0 Å². The molecule has 1 aliphatic rings. The number of aromatic nitrogens is 2. The smallest absolute Gasteiger partial charge is 0.228 e. The molecule has 1 aliphatic heterocycles. The minimum absolute atomic E-state index is 0.183. The van der Waals surface area contributed by atoms with Crippen LogP contribution in [0.25, 0.3) is 0 Å². The molecule has 106 valence electrons. The van der Waals surface area contributed by atoms with E-state index >= 15 is 0 Å². The van der Waals surface area contributed by atoms with E-state index < -0.39 is 0 Å². The number of imidazole rings is 1. The second-order valence-electron chi connectivity index (χ2n) is 6.45. The van der Waals surface area contributed by atoms with Crippen LogP contribution in [0, 0.1) is 5.41 Å². The second-order valence-corrected chi connectivity index (χ2v) is 6.45. The number of H-pyrrole nitrogens is 1. The van der Waals surface area contributed by atoms with E-state index in [4.69, 9.17) is 0 Å². The van der Waals surface area contributed by atoms with Gasteiger partial charge in [-0.05, 0) is 5.41 Å². The number of aromatic amines is 1. The van der Waals surface area contributed by atoms with E-state index in [0.29, 0.717) is 11.8 Å². The molecule has 2 heterocycles. The summed E-state index contributed by atoms with van der Waals surface area (Å²) in [4.78, 5) is 23.5. The van der Waals surface area contributed by atoms with Crippen LogP contribution >= 0.6 is 0 Å². The summed E-state index contributed by atoms with van der Waals surface area (Å²) in [5.41, 5.74) is 1.14. The normalized spacial score (nSPS) is 17.7. The molecule has 0 aromatic carbocycles. The summed E-state index contributed by atoms with van der Waals surface area (Å²) < 4.78 is 0. The molecule has 0 unspecified atom stereocenters. The van der Waals surface area contributed by atoms with Crippen LogP contribution in [0.5, 0.6) is 0 Å². The lowest BCUT2D eigenvalue weighted by molar-refractivity contribution is -0.132. The summed E-state index contributed by atoms with van der Waals surface area (Å²) in [5.74, 6) is 0.183. The summed E-state index contributed by atoms with van der Waals surface area (Å²) in [7, 11) is 0. The lowest BCUT2D eigenvalue weighted by Gasteiger charge is -2.37. The summed E-state index contributed by atoms with van der Waals surface area (Å²) in [6.45, 7) is 11.5. The van der Waals surface area contributed by atoms with Gasteiger partial charge in [0.25, 0.3) is 0 Å². The molecule has 0 radical (unpaired) electrons. The van der Waals surface area contributed by atoms with Crippen molar-refractivity contribution >= 4 is 5.91 Å². The molecule has 0 saturated carbocycles. The largest absolute Gasteiger partial charge is 0.351 e. The summed E-state index contributed by atoms with van der Waals surface area (Å²) in [5, 5.41) is 0. The van der Waals surface area contributed by atoms with Gasteiger partial charge in [0.1, 0.15) is 0 Å². The number of amides is 1. The van der Waals surface area contributed by atoms with Gasteiger partial charge in [-0.2, -0.15) is 0 Å². The number of nitrogens with one attached hydrogen (secondary N) is 1. The van der Waals surface area contributed by atoms with Gasteiger partial charge in [0.15, 0.2) is 0 Å². The zero-order chi connectivity index (χ0) is 13.9. The van der Waals surface area contributed by atoms with Crippen molar-refractivity contribution in [3.8, 4) is 0 Å². The Morgan fingerprint density at radius 1 is 1.32 bits per heavy atom. The molecule has 1 amide bonds. The molecular weight excluding hydrogens is 240 g/mol. The van der Waals surface area contributed by atoms with Crippen molar-refractivity contribution in [3.05, 3.63) is 18.2 Å². The third kappa shape index (κ3) is 4.35. The molecule has 1 N–H and O–H groups in total. The van der Waals surface area contributed by atoms with Gasteiger partial charge in [0.2, 0.25) is 5.91 Å². The maximum absolute atomic E-state index is 12.1. The average molecular weight is 264 g/mol. The summed E-state index contributed by atoms with van der Waals surface area (Å²) >= 11 is 0. The number of carbonyl (C=O) groups excluding carboxylic acids is 1. The Kier molecular flexibility index (Phi) is 4.24. The van der Waals surface area contributed by atoms with E-state index in [1.807, 2.05) is 4.90 Å². The van der Waals surface area contributed by atoms with E-state index in [0.717, 1.165) is 38.4 Å². The second kappa shape index (κ2) is 5.74. The van der Waals surface area contributed by atoms with Gasteiger partial charge < -0.3 is 9.88 Å². The monoisotopic (exact) mass is 264 g/mol. The van der Waals surface area contributed by atoms with Crippen LogP contribution in [0.2, 0.25) is 0 Å². The van der Waals surface area contributed by atoms with Crippen molar-refractivity contribution in [2.75, 3.05) is 32.7 Å². The minimum Gasteiger partial charge on any atom is -0.351 e. The van der Waals surface area contributed by atoms with Crippen LogP contribution in [-0.2, 0) is 11.2 Å². The Morgan fingerprint density at radius 2 is 2.00 bits per heavy atom. The summed E-state index contributed by atoms with van der Waals surface area (Å²) in [6.07, 6.45) is 3.81. The van der Waals surface area contributed by atoms with Crippen LogP contribution in [0.4, 0.5) is 0 Å². The number of hydrogen-bond donors (Lipinski definition) is 1. The van der Waals surface area contributed by atoms with Crippen molar-refractivity contribution in [3.63, 3.8) is 0 Å². The van der Waals surface area contributed by atoms with Gasteiger partial charge >= 0.3 is 0 Å². The first-order valence-corrected chi connectivity index (χ1v) is 6.92.